The second kappa shape index (κ2) is 9.02. The second-order valence-corrected chi connectivity index (χ2v) is 8.60. The lowest BCUT2D eigenvalue weighted by molar-refractivity contribution is 0.0191. The summed E-state index contributed by atoms with van der Waals surface area (Å²) in [5, 5.41) is 15.9. The van der Waals surface area contributed by atoms with Gasteiger partial charge in [0.15, 0.2) is 0 Å². The summed E-state index contributed by atoms with van der Waals surface area (Å²) in [4.78, 5) is 19.5. The van der Waals surface area contributed by atoms with Gasteiger partial charge in [0.1, 0.15) is 0 Å². The van der Waals surface area contributed by atoms with Crippen molar-refractivity contribution >= 4 is 18.2 Å². The molecule has 0 radical (unpaired) electrons. The minimum Gasteiger partial charge on any atom is -0.391 e. The minimum absolute atomic E-state index is 0.0528. The number of carbonyl (C=O) groups excluding carboxylic acids is 1. The van der Waals surface area contributed by atoms with E-state index in [4.69, 9.17) is 0 Å². The van der Waals surface area contributed by atoms with Crippen LogP contribution in [0.3, 0.4) is 0 Å². The number of allylic oxidation sites excluding steroid dienone is 1. The highest BCUT2D eigenvalue weighted by molar-refractivity contribution is 5.98. The summed E-state index contributed by atoms with van der Waals surface area (Å²) in [6.07, 6.45) is 7.87. The lowest BCUT2D eigenvalue weighted by Gasteiger charge is -2.35. The van der Waals surface area contributed by atoms with Gasteiger partial charge in [-0.25, -0.2) is 0 Å². The van der Waals surface area contributed by atoms with E-state index in [1.807, 2.05) is 43.4 Å². The molecule has 1 aromatic heterocycles. The molecule has 4 rings (SSSR count). The van der Waals surface area contributed by atoms with Crippen molar-refractivity contribution < 1.29 is 9.90 Å². The molecule has 1 fully saturated rings. The third-order valence-electron chi connectivity index (χ3n) is 6.34. The van der Waals surface area contributed by atoms with E-state index in [0.29, 0.717) is 6.54 Å². The molecule has 1 aliphatic carbocycles. The van der Waals surface area contributed by atoms with E-state index in [2.05, 4.69) is 35.0 Å². The topological polar surface area (TPSA) is 69.0 Å². The van der Waals surface area contributed by atoms with Crippen LogP contribution in [0.2, 0.25) is 0 Å². The summed E-state index contributed by atoms with van der Waals surface area (Å²) in [7, 11) is 1.83. The number of pyridine rings is 1. The molecule has 0 saturated heterocycles. The van der Waals surface area contributed by atoms with Crippen LogP contribution in [0.4, 0.5) is 0 Å². The lowest BCUT2D eigenvalue weighted by atomic mass is 9.91. The van der Waals surface area contributed by atoms with Crippen molar-refractivity contribution in [3.63, 3.8) is 0 Å². The Labute approximate surface area is 183 Å². The fraction of sp³-hybridized carbons (Fsp3) is 0.400. The van der Waals surface area contributed by atoms with E-state index in [1.54, 1.807) is 5.01 Å². The van der Waals surface area contributed by atoms with Gasteiger partial charge in [-0.3, -0.25) is 14.8 Å². The largest absolute Gasteiger partial charge is 0.391 e. The number of rotatable bonds is 6. The number of carbonyl (C=O) groups is 1. The Kier molecular flexibility index (Phi) is 6.18. The van der Waals surface area contributed by atoms with Crippen LogP contribution in [0.25, 0.3) is 5.57 Å². The number of aromatic nitrogens is 1. The Morgan fingerprint density at radius 2 is 2.06 bits per heavy atom. The van der Waals surface area contributed by atoms with E-state index in [9.17, 15) is 9.90 Å². The van der Waals surface area contributed by atoms with Crippen LogP contribution in [-0.4, -0.2) is 51.8 Å². The highest BCUT2D eigenvalue weighted by Crippen LogP contribution is 2.32. The number of fused-ring (bicyclic) bond motifs is 1. The third-order valence-corrected chi connectivity index (χ3v) is 6.34. The summed E-state index contributed by atoms with van der Waals surface area (Å²) in [6.45, 7) is 6.10. The van der Waals surface area contributed by atoms with Crippen molar-refractivity contribution in [2.45, 2.75) is 57.7 Å². The summed E-state index contributed by atoms with van der Waals surface area (Å²) < 4.78 is 0. The second-order valence-electron chi connectivity index (χ2n) is 8.60. The number of amides is 1. The van der Waals surface area contributed by atoms with E-state index in [-0.39, 0.29) is 11.9 Å². The Balaban J connectivity index is 1.47. The molecular formula is C25H30N4O2. The average molecular weight is 419 g/mol. The number of hydrogen-bond donors (Lipinski definition) is 1. The zero-order chi connectivity index (χ0) is 22.0. The van der Waals surface area contributed by atoms with Crippen molar-refractivity contribution in [2.24, 2.45) is 5.10 Å². The third kappa shape index (κ3) is 4.54. The van der Waals surface area contributed by atoms with Crippen LogP contribution in [0.5, 0.6) is 0 Å². The number of benzene rings is 1. The standard InChI is InChI=1S/C25H30N4O2/c1-17(15-28(3)26-2)22-11-9-19(14-27-22)12-18-8-10-20-16-29(25(31)21(20)13-18)23-6-4-5-7-24(23)30/h8-11,13-15,23-24,30H,2,4-7,12,16H2,1,3H3/b17-15+/t23-,24-/m0/s1. The quantitative estimate of drug-likeness (QED) is 0.572. The van der Waals surface area contributed by atoms with Gasteiger partial charge in [-0.15, -0.1) is 0 Å². The van der Waals surface area contributed by atoms with Gasteiger partial charge in [-0.1, -0.05) is 31.0 Å². The Bertz CT molecular complexity index is 999. The van der Waals surface area contributed by atoms with Crippen LogP contribution in [-0.2, 0) is 13.0 Å². The molecule has 1 aromatic carbocycles. The Morgan fingerprint density at radius 1 is 1.29 bits per heavy atom. The maximum Gasteiger partial charge on any atom is 0.254 e. The molecule has 1 amide bonds. The molecule has 162 valence electrons. The highest BCUT2D eigenvalue weighted by Gasteiger charge is 2.37. The Hall–Kier alpha value is -2.99. The van der Waals surface area contributed by atoms with Gasteiger partial charge in [-0.2, -0.15) is 5.10 Å². The zero-order valence-corrected chi connectivity index (χ0v) is 18.3. The minimum atomic E-state index is -0.407. The lowest BCUT2D eigenvalue weighted by Crippen LogP contribution is -2.45. The number of aliphatic hydroxyl groups excluding tert-OH is 1. The first-order valence-corrected chi connectivity index (χ1v) is 10.9. The summed E-state index contributed by atoms with van der Waals surface area (Å²) >= 11 is 0. The molecule has 0 bridgehead atoms. The molecular weight excluding hydrogens is 388 g/mol. The van der Waals surface area contributed by atoms with Crippen molar-refractivity contribution in [1.29, 1.82) is 0 Å². The van der Waals surface area contributed by atoms with Crippen LogP contribution in [0, 0.1) is 0 Å². The van der Waals surface area contributed by atoms with Crippen LogP contribution in [0.1, 0.15) is 65.3 Å². The molecule has 2 heterocycles. The smallest absolute Gasteiger partial charge is 0.254 e. The van der Waals surface area contributed by atoms with Crippen LogP contribution >= 0.6 is 0 Å². The number of nitrogens with zero attached hydrogens (tertiary/aromatic N) is 4. The molecule has 0 unspecified atom stereocenters. The maximum atomic E-state index is 13.1. The Morgan fingerprint density at radius 3 is 2.77 bits per heavy atom. The van der Waals surface area contributed by atoms with Gasteiger partial charge in [0.2, 0.25) is 0 Å². The number of hydrogen-bond acceptors (Lipinski definition) is 5. The maximum absolute atomic E-state index is 13.1. The van der Waals surface area contributed by atoms with E-state index < -0.39 is 6.10 Å². The van der Waals surface area contributed by atoms with E-state index >= 15 is 0 Å². The highest BCUT2D eigenvalue weighted by atomic mass is 16.3. The molecule has 2 aromatic rings. The predicted octanol–water partition coefficient (Wildman–Crippen LogP) is 3.84. The molecule has 6 nitrogen and oxygen atoms in total. The molecule has 0 spiro atoms. The molecule has 1 saturated carbocycles. The van der Waals surface area contributed by atoms with Gasteiger partial charge in [-0.05, 0) is 60.6 Å². The van der Waals surface area contributed by atoms with Crippen LogP contribution in [0.15, 0.2) is 47.8 Å². The van der Waals surface area contributed by atoms with E-state index in [1.165, 1.54) is 0 Å². The number of hydrazone groups is 1. The van der Waals surface area contributed by atoms with Crippen molar-refractivity contribution in [3.8, 4) is 0 Å². The normalized spacial score (nSPS) is 21.2. The van der Waals surface area contributed by atoms with Gasteiger partial charge >= 0.3 is 0 Å². The number of aliphatic hydroxyl groups is 1. The molecule has 6 heteroatoms. The fourth-order valence-electron chi connectivity index (χ4n) is 4.59. The van der Waals surface area contributed by atoms with Gasteiger partial charge in [0.25, 0.3) is 5.91 Å². The zero-order valence-electron chi connectivity index (χ0n) is 18.3. The van der Waals surface area contributed by atoms with Crippen molar-refractivity contribution in [1.82, 2.24) is 14.9 Å². The molecule has 2 atom stereocenters. The summed E-state index contributed by atoms with van der Waals surface area (Å²) in [6, 6.07) is 10.2. The van der Waals surface area contributed by atoms with Crippen molar-refractivity contribution in [3.05, 3.63) is 70.7 Å². The van der Waals surface area contributed by atoms with Crippen molar-refractivity contribution in [2.75, 3.05) is 7.05 Å². The first kappa shape index (κ1) is 21.2. The van der Waals surface area contributed by atoms with E-state index in [0.717, 1.165) is 65.6 Å². The first-order valence-electron chi connectivity index (χ1n) is 10.9. The SMILES string of the molecule is C=NN(C)/C=C(\C)c1ccc(Cc2ccc3c(c2)C(=O)N([C@H]2CCCC[C@@H]2O)C3)cn1. The molecule has 2 aliphatic rings. The van der Waals surface area contributed by atoms with Crippen LogP contribution < -0.4 is 0 Å². The molecule has 1 N–H and O–H groups in total. The monoisotopic (exact) mass is 418 g/mol. The summed E-state index contributed by atoms with van der Waals surface area (Å²) in [5.74, 6) is 0.0528. The summed E-state index contributed by atoms with van der Waals surface area (Å²) in [5.41, 5.74) is 5.92. The average Bonchev–Trinajstić information content (AvgIpc) is 3.10. The predicted molar refractivity (Wildman–Crippen MR) is 123 cm³/mol. The van der Waals surface area contributed by atoms with Gasteiger partial charge in [0.05, 0.1) is 17.8 Å². The molecule has 1 aliphatic heterocycles. The first-order chi connectivity index (χ1) is 15.0. The van der Waals surface area contributed by atoms with Gasteiger partial charge < -0.3 is 10.0 Å². The van der Waals surface area contributed by atoms with Gasteiger partial charge in [0, 0.05) is 38.3 Å². The fourth-order valence-corrected chi connectivity index (χ4v) is 4.59. The molecule has 31 heavy (non-hydrogen) atoms.